The molecule has 1 rings (SSSR count). The molecule has 0 unspecified atom stereocenters. The van der Waals surface area contributed by atoms with Gasteiger partial charge in [0.05, 0.1) is 17.8 Å². The Balaban J connectivity index is 2.57. The SMILES string of the molecule is CCC(O)(CC)CN(C)CC(=O)Nc1ccccc1SC. The van der Waals surface area contributed by atoms with E-state index in [0.717, 1.165) is 10.6 Å². The number of hydrogen-bond acceptors (Lipinski definition) is 4. The molecule has 5 heteroatoms. The van der Waals surface area contributed by atoms with E-state index in [1.807, 2.05) is 56.3 Å². The van der Waals surface area contributed by atoms with Crippen LogP contribution in [0.1, 0.15) is 26.7 Å². The molecule has 0 fully saturated rings. The Morgan fingerprint density at radius 3 is 2.52 bits per heavy atom. The van der Waals surface area contributed by atoms with E-state index in [9.17, 15) is 9.90 Å². The van der Waals surface area contributed by atoms with Crippen molar-refractivity contribution in [3.63, 3.8) is 0 Å². The van der Waals surface area contributed by atoms with Gasteiger partial charge in [-0.15, -0.1) is 11.8 Å². The number of aliphatic hydroxyl groups is 1. The second-order valence-electron chi connectivity index (χ2n) is 5.35. The van der Waals surface area contributed by atoms with Gasteiger partial charge in [0.15, 0.2) is 0 Å². The van der Waals surface area contributed by atoms with Gasteiger partial charge in [-0.2, -0.15) is 0 Å². The van der Waals surface area contributed by atoms with E-state index in [0.29, 0.717) is 19.4 Å². The van der Waals surface area contributed by atoms with Crippen LogP contribution in [-0.4, -0.2) is 47.9 Å². The number of hydrogen-bond donors (Lipinski definition) is 2. The molecule has 2 N–H and O–H groups in total. The van der Waals surface area contributed by atoms with E-state index < -0.39 is 5.60 Å². The maximum Gasteiger partial charge on any atom is 0.238 e. The topological polar surface area (TPSA) is 52.6 Å². The molecule has 0 aliphatic rings. The Morgan fingerprint density at radius 2 is 1.95 bits per heavy atom. The molecule has 1 amide bonds. The second kappa shape index (κ2) is 8.41. The average molecular weight is 310 g/mol. The molecule has 0 aliphatic heterocycles. The summed E-state index contributed by atoms with van der Waals surface area (Å²) in [5.74, 6) is -0.0615. The molecular formula is C16H26N2O2S. The second-order valence-corrected chi connectivity index (χ2v) is 6.20. The molecule has 0 saturated heterocycles. The van der Waals surface area contributed by atoms with Crippen LogP contribution in [0.15, 0.2) is 29.2 Å². The van der Waals surface area contributed by atoms with Crippen LogP contribution in [0.25, 0.3) is 0 Å². The molecule has 0 aromatic heterocycles. The lowest BCUT2D eigenvalue weighted by Gasteiger charge is -2.30. The summed E-state index contributed by atoms with van der Waals surface area (Å²) in [7, 11) is 1.86. The third kappa shape index (κ3) is 5.69. The van der Waals surface area contributed by atoms with Gasteiger partial charge in [-0.1, -0.05) is 26.0 Å². The van der Waals surface area contributed by atoms with E-state index >= 15 is 0 Å². The van der Waals surface area contributed by atoms with Crippen LogP contribution < -0.4 is 5.32 Å². The van der Waals surface area contributed by atoms with Crippen LogP contribution in [0.5, 0.6) is 0 Å². The monoisotopic (exact) mass is 310 g/mol. The summed E-state index contributed by atoms with van der Waals surface area (Å²) in [6.45, 7) is 4.70. The van der Waals surface area contributed by atoms with Crippen molar-refractivity contribution >= 4 is 23.4 Å². The van der Waals surface area contributed by atoms with Gasteiger partial charge in [-0.25, -0.2) is 0 Å². The maximum atomic E-state index is 12.1. The van der Waals surface area contributed by atoms with Gasteiger partial charge in [-0.3, -0.25) is 9.69 Å². The Morgan fingerprint density at radius 1 is 1.33 bits per heavy atom. The quantitative estimate of drug-likeness (QED) is 0.725. The zero-order valence-corrected chi connectivity index (χ0v) is 14.2. The van der Waals surface area contributed by atoms with Crippen molar-refractivity contribution in [2.45, 2.75) is 37.2 Å². The number of anilines is 1. The zero-order valence-electron chi connectivity index (χ0n) is 13.3. The molecule has 1 aromatic carbocycles. The predicted molar refractivity (Wildman–Crippen MR) is 89.9 cm³/mol. The first-order valence-corrected chi connectivity index (χ1v) is 8.50. The molecule has 0 radical (unpaired) electrons. The third-order valence-corrected chi connectivity index (χ3v) is 4.47. The van der Waals surface area contributed by atoms with Crippen molar-refractivity contribution in [2.75, 3.05) is 31.7 Å². The van der Waals surface area contributed by atoms with Gasteiger partial charge in [0.1, 0.15) is 0 Å². The minimum atomic E-state index is -0.716. The number of likely N-dealkylation sites (N-methyl/N-ethyl adjacent to an activating group) is 1. The standard InChI is InChI=1S/C16H26N2O2S/c1-5-16(20,6-2)12-18(3)11-15(19)17-13-9-7-8-10-14(13)21-4/h7-10,20H,5-6,11-12H2,1-4H3,(H,17,19). The van der Waals surface area contributed by atoms with Gasteiger partial charge >= 0.3 is 0 Å². The minimum absolute atomic E-state index is 0.0615. The molecule has 0 atom stereocenters. The molecule has 0 saturated carbocycles. The molecule has 1 aromatic rings. The lowest BCUT2D eigenvalue weighted by atomic mass is 9.97. The van der Waals surface area contributed by atoms with E-state index in [1.54, 1.807) is 11.8 Å². The molecule has 118 valence electrons. The highest BCUT2D eigenvalue weighted by Crippen LogP contribution is 2.24. The molecule has 4 nitrogen and oxygen atoms in total. The van der Waals surface area contributed by atoms with Crippen molar-refractivity contribution in [3.05, 3.63) is 24.3 Å². The summed E-state index contributed by atoms with van der Waals surface area (Å²) in [5.41, 5.74) is 0.122. The first-order chi connectivity index (χ1) is 9.94. The van der Waals surface area contributed by atoms with Gasteiger partial charge in [0.2, 0.25) is 5.91 Å². The highest BCUT2D eigenvalue weighted by atomic mass is 32.2. The number of nitrogens with one attached hydrogen (secondary N) is 1. The van der Waals surface area contributed by atoms with E-state index in [2.05, 4.69) is 5.32 Å². The number of nitrogens with zero attached hydrogens (tertiary/aromatic N) is 1. The fraction of sp³-hybridized carbons (Fsp3) is 0.562. The van der Waals surface area contributed by atoms with Gasteiger partial charge in [-0.05, 0) is 38.3 Å². The van der Waals surface area contributed by atoms with Crippen molar-refractivity contribution in [1.82, 2.24) is 4.90 Å². The number of amides is 1. The van der Waals surface area contributed by atoms with Crippen LogP contribution in [0.4, 0.5) is 5.69 Å². The zero-order chi connectivity index (χ0) is 15.9. The summed E-state index contributed by atoms with van der Waals surface area (Å²) in [6.07, 6.45) is 3.36. The van der Waals surface area contributed by atoms with Crippen molar-refractivity contribution in [1.29, 1.82) is 0 Å². The predicted octanol–water partition coefficient (Wildman–Crippen LogP) is 2.83. The van der Waals surface area contributed by atoms with Gasteiger partial charge in [0, 0.05) is 11.4 Å². The summed E-state index contributed by atoms with van der Waals surface area (Å²) in [6, 6.07) is 7.75. The lowest BCUT2D eigenvalue weighted by Crippen LogP contribution is -2.43. The number of rotatable bonds is 8. The number of thioether (sulfide) groups is 1. The van der Waals surface area contributed by atoms with E-state index in [4.69, 9.17) is 0 Å². The maximum absolute atomic E-state index is 12.1. The summed E-state index contributed by atoms with van der Waals surface area (Å²) in [4.78, 5) is 15.0. The molecule has 0 spiro atoms. The van der Waals surface area contributed by atoms with Crippen LogP contribution in [0, 0.1) is 0 Å². The van der Waals surface area contributed by atoms with Crippen LogP contribution >= 0.6 is 11.8 Å². The van der Waals surface area contributed by atoms with E-state index in [-0.39, 0.29) is 12.5 Å². The Labute approximate surface area is 131 Å². The highest BCUT2D eigenvalue weighted by Gasteiger charge is 2.24. The minimum Gasteiger partial charge on any atom is -0.389 e. The molecular weight excluding hydrogens is 284 g/mol. The van der Waals surface area contributed by atoms with Crippen molar-refractivity contribution in [2.24, 2.45) is 0 Å². The van der Waals surface area contributed by atoms with Crippen LogP contribution in [0.2, 0.25) is 0 Å². The fourth-order valence-electron chi connectivity index (χ4n) is 2.21. The lowest BCUT2D eigenvalue weighted by molar-refractivity contribution is -0.117. The molecule has 0 bridgehead atoms. The van der Waals surface area contributed by atoms with Gasteiger partial charge in [0.25, 0.3) is 0 Å². The summed E-state index contributed by atoms with van der Waals surface area (Å²) < 4.78 is 0. The number of benzene rings is 1. The first-order valence-electron chi connectivity index (χ1n) is 7.28. The van der Waals surface area contributed by atoms with Gasteiger partial charge < -0.3 is 10.4 Å². The van der Waals surface area contributed by atoms with Crippen molar-refractivity contribution in [3.8, 4) is 0 Å². The molecule has 21 heavy (non-hydrogen) atoms. The van der Waals surface area contributed by atoms with E-state index in [1.165, 1.54) is 0 Å². The van der Waals surface area contributed by atoms with Crippen LogP contribution in [-0.2, 0) is 4.79 Å². The Bertz CT molecular complexity index is 461. The summed E-state index contributed by atoms with van der Waals surface area (Å²) >= 11 is 1.61. The first kappa shape index (κ1) is 18.0. The largest absolute Gasteiger partial charge is 0.389 e. The average Bonchev–Trinajstić information content (AvgIpc) is 2.47. The smallest absolute Gasteiger partial charge is 0.238 e. The molecule has 0 heterocycles. The normalized spacial score (nSPS) is 11.7. The summed E-state index contributed by atoms with van der Waals surface area (Å²) in [5, 5.41) is 13.2. The van der Waals surface area contributed by atoms with Crippen molar-refractivity contribution < 1.29 is 9.90 Å². The Hall–Kier alpha value is -1.04. The number of carbonyl (C=O) groups excluding carboxylic acids is 1. The number of para-hydroxylation sites is 1. The Kier molecular flexibility index (Phi) is 7.22. The highest BCUT2D eigenvalue weighted by molar-refractivity contribution is 7.98. The third-order valence-electron chi connectivity index (χ3n) is 3.68. The van der Waals surface area contributed by atoms with Crippen LogP contribution in [0.3, 0.4) is 0 Å². The fourth-order valence-corrected chi connectivity index (χ4v) is 2.77. The molecule has 0 aliphatic carbocycles. The number of carbonyl (C=O) groups is 1.